The second-order valence-electron chi connectivity index (χ2n) is 6.63. The highest BCUT2D eigenvalue weighted by molar-refractivity contribution is 7.90. The Morgan fingerprint density at radius 1 is 1.48 bits per heavy atom. The molecule has 3 unspecified atom stereocenters. The number of hydrogen-bond donors (Lipinski definition) is 2. The van der Waals surface area contributed by atoms with E-state index in [9.17, 15) is 13.2 Å². The molecule has 0 spiro atoms. The Kier molecular flexibility index (Phi) is 5.80. The summed E-state index contributed by atoms with van der Waals surface area (Å²) in [7, 11) is -3.91. The first-order valence-corrected chi connectivity index (χ1v) is 9.44. The molecule has 2 N–H and O–H groups in total. The van der Waals surface area contributed by atoms with Gasteiger partial charge in [-0.15, -0.1) is 0 Å². The van der Waals surface area contributed by atoms with E-state index in [0.29, 0.717) is 17.8 Å². The van der Waals surface area contributed by atoms with Crippen LogP contribution in [-0.4, -0.2) is 37.2 Å². The van der Waals surface area contributed by atoms with Gasteiger partial charge in [0.1, 0.15) is 6.61 Å². The van der Waals surface area contributed by atoms with Crippen molar-refractivity contribution in [3.63, 3.8) is 0 Å². The predicted molar refractivity (Wildman–Crippen MR) is 85.0 cm³/mol. The minimum atomic E-state index is -3.91. The standard InChI is InChI=1S/C15H25N3O4S/c1-10(2)12-5-4-11(3)8-13(12)22-9-14(19)18-23(20,21)15-6-7-16-17-15/h6-7,10-13H,4-5,8-9H2,1-3H3,(H,16,17)(H,18,19). The first-order chi connectivity index (χ1) is 10.8. The van der Waals surface area contributed by atoms with Crippen molar-refractivity contribution in [3.05, 3.63) is 12.3 Å². The van der Waals surface area contributed by atoms with Crippen LogP contribution < -0.4 is 4.72 Å². The number of nitrogens with zero attached hydrogens (tertiary/aromatic N) is 1. The number of carbonyl (C=O) groups excluding carboxylic acids is 1. The molecule has 0 bridgehead atoms. The fourth-order valence-electron chi connectivity index (χ4n) is 3.12. The van der Waals surface area contributed by atoms with Gasteiger partial charge in [0.2, 0.25) is 0 Å². The Labute approximate surface area is 137 Å². The molecule has 0 aliphatic heterocycles. The summed E-state index contributed by atoms with van der Waals surface area (Å²) in [4.78, 5) is 11.9. The Hall–Kier alpha value is -1.41. The molecule has 0 saturated heterocycles. The van der Waals surface area contributed by atoms with Gasteiger partial charge in [-0.3, -0.25) is 9.89 Å². The topological polar surface area (TPSA) is 101 Å². The molecule has 1 amide bonds. The van der Waals surface area contributed by atoms with E-state index in [2.05, 4.69) is 31.0 Å². The van der Waals surface area contributed by atoms with Gasteiger partial charge in [0.25, 0.3) is 15.9 Å². The summed E-state index contributed by atoms with van der Waals surface area (Å²) >= 11 is 0. The van der Waals surface area contributed by atoms with Gasteiger partial charge in [-0.05, 0) is 36.7 Å². The van der Waals surface area contributed by atoms with Crippen LogP contribution in [0.5, 0.6) is 0 Å². The van der Waals surface area contributed by atoms with Gasteiger partial charge in [-0.2, -0.15) is 13.5 Å². The van der Waals surface area contributed by atoms with Gasteiger partial charge in [-0.25, -0.2) is 4.72 Å². The molecule has 1 aromatic heterocycles. The Balaban J connectivity index is 1.90. The molecule has 1 aromatic rings. The van der Waals surface area contributed by atoms with Gasteiger partial charge in [0.15, 0.2) is 5.03 Å². The van der Waals surface area contributed by atoms with Crippen LogP contribution in [0.3, 0.4) is 0 Å². The minimum Gasteiger partial charge on any atom is -0.368 e. The zero-order valence-electron chi connectivity index (χ0n) is 13.8. The van der Waals surface area contributed by atoms with Crippen molar-refractivity contribution in [2.45, 2.75) is 51.2 Å². The zero-order valence-corrected chi connectivity index (χ0v) is 14.6. The van der Waals surface area contributed by atoms with Crippen LogP contribution in [-0.2, 0) is 19.6 Å². The number of aromatic amines is 1. The summed E-state index contributed by atoms with van der Waals surface area (Å²) in [5.74, 6) is 0.777. The highest BCUT2D eigenvalue weighted by Crippen LogP contribution is 2.35. The predicted octanol–water partition coefficient (Wildman–Crippen LogP) is 1.69. The summed E-state index contributed by atoms with van der Waals surface area (Å²) in [5, 5.41) is 5.75. The van der Waals surface area contributed by atoms with Crippen molar-refractivity contribution in [1.82, 2.24) is 14.9 Å². The van der Waals surface area contributed by atoms with E-state index in [4.69, 9.17) is 4.74 Å². The Bertz CT molecular complexity index is 613. The van der Waals surface area contributed by atoms with Crippen LogP contribution in [0, 0.1) is 17.8 Å². The normalized spacial score (nSPS) is 25.5. The third kappa shape index (κ3) is 4.78. The van der Waals surface area contributed by atoms with Crippen molar-refractivity contribution < 1.29 is 17.9 Å². The fourth-order valence-corrected chi connectivity index (χ4v) is 4.00. The highest BCUT2D eigenvalue weighted by atomic mass is 32.2. The number of sulfonamides is 1. The molecule has 1 fully saturated rings. The lowest BCUT2D eigenvalue weighted by Crippen LogP contribution is -2.39. The molecule has 0 aromatic carbocycles. The van der Waals surface area contributed by atoms with Crippen molar-refractivity contribution in [1.29, 1.82) is 0 Å². The molecule has 8 heteroatoms. The monoisotopic (exact) mass is 343 g/mol. The molecule has 23 heavy (non-hydrogen) atoms. The average Bonchev–Trinajstić information content (AvgIpc) is 2.99. The Morgan fingerprint density at radius 3 is 2.83 bits per heavy atom. The number of ether oxygens (including phenoxy) is 1. The Morgan fingerprint density at radius 2 is 2.22 bits per heavy atom. The maximum absolute atomic E-state index is 11.9. The summed E-state index contributed by atoms with van der Waals surface area (Å²) in [6.45, 7) is 6.23. The quantitative estimate of drug-likeness (QED) is 0.818. The van der Waals surface area contributed by atoms with E-state index < -0.39 is 15.9 Å². The van der Waals surface area contributed by atoms with Crippen LogP contribution in [0.1, 0.15) is 40.0 Å². The van der Waals surface area contributed by atoms with Crippen LogP contribution in [0.4, 0.5) is 0 Å². The van der Waals surface area contributed by atoms with Gasteiger partial charge in [0.05, 0.1) is 12.3 Å². The third-order valence-corrected chi connectivity index (χ3v) is 5.71. The molecule has 0 radical (unpaired) electrons. The molecule has 3 atom stereocenters. The number of H-pyrrole nitrogens is 1. The van der Waals surface area contributed by atoms with Crippen LogP contribution in [0.2, 0.25) is 0 Å². The van der Waals surface area contributed by atoms with Crippen LogP contribution in [0.15, 0.2) is 17.3 Å². The van der Waals surface area contributed by atoms with Gasteiger partial charge >= 0.3 is 0 Å². The van der Waals surface area contributed by atoms with E-state index in [-0.39, 0.29) is 17.7 Å². The van der Waals surface area contributed by atoms with Crippen molar-refractivity contribution in [2.24, 2.45) is 17.8 Å². The maximum atomic E-state index is 11.9. The van der Waals surface area contributed by atoms with Crippen molar-refractivity contribution in [3.8, 4) is 0 Å². The lowest BCUT2D eigenvalue weighted by molar-refractivity contribution is -0.129. The molecule has 7 nitrogen and oxygen atoms in total. The van der Waals surface area contributed by atoms with E-state index in [0.717, 1.165) is 12.8 Å². The van der Waals surface area contributed by atoms with E-state index in [1.165, 1.54) is 18.7 Å². The largest absolute Gasteiger partial charge is 0.368 e. The lowest BCUT2D eigenvalue weighted by Gasteiger charge is -2.37. The maximum Gasteiger partial charge on any atom is 0.281 e. The van der Waals surface area contributed by atoms with Gasteiger partial charge < -0.3 is 4.74 Å². The number of carbonyl (C=O) groups is 1. The van der Waals surface area contributed by atoms with E-state index >= 15 is 0 Å². The van der Waals surface area contributed by atoms with Crippen molar-refractivity contribution in [2.75, 3.05) is 6.61 Å². The molecule has 1 saturated carbocycles. The number of nitrogens with one attached hydrogen (secondary N) is 2. The van der Waals surface area contributed by atoms with Crippen molar-refractivity contribution >= 4 is 15.9 Å². The van der Waals surface area contributed by atoms with E-state index in [1.54, 1.807) is 0 Å². The second-order valence-corrected chi connectivity index (χ2v) is 8.28. The fraction of sp³-hybridized carbons (Fsp3) is 0.733. The average molecular weight is 343 g/mol. The zero-order chi connectivity index (χ0) is 17.0. The number of hydrogen-bond acceptors (Lipinski definition) is 5. The lowest BCUT2D eigenvalue weighted by atomic mass is 9.75. The molecule has 1 aliphatic carbocycles. The molecule has 1 heterocycles. The molecule has 130 valence electrons. The third-order valence-electron chi connectivity index (χ3n) is 4.40. The molecular weight excluding hydrogens is 318 g/mol. The molecule has 1 aliphatic rings. The first kappa shape index (κ1) is 17.9. The second kappa shape index (κ2) is 7.44. The summed E-state index contributed by atoms with van der Waals surface area (Å²) in [6.07, 6.45) is 4.47. The SMILES string of the molecule is CC1CCC(C(C)C)C(OCC(=O)NS(=O)(=O)c2ccn[nH]2)C1. The molecule has 2 rings (SSSR count). The number of amides is 1. The summed E-state index contributed by atoms with van der Waals surface area (Å²) < 4.78 is 31.6. The first-order valence-electron chi connectivity index (χ1n) is 7.96. The van der Waals surface area contributed by atoms with Crippen LogP contribution in [0.25, 0.3) is 0 Å². The molecular formula is C15H25N3O4S. The van der Waals surface area contributed by atoms with Crippen LogP contribution >= 0.6 is 0 Å². The van der Waals surface area contributed by atoms with Gasteiger partial charge in [0, 0.05) is 0 Å². The smallest absolute Gasteiger partial charge is 0.281 e. The minimum absolute atomic E-state index is 0.000594. The summed E-state index contributed by atoms with van der Waals surface area (Å²) in [6, 6.07) is 1.29. The van der Waals surface area contributed by atoms with Gasteiger partial charge in [-0.1, -0.05) is 27.2 Å². The van der Waals surface area contributed by atoms with E-state index in [1.807, 2.05) is 4.72 Å². The number of rotatable bonds is 6. The summed E-state index contributed by atoms with van der Waals surface area (Å²) in [5.41, 5.74) is 0. The highest BCUT2D eigenvalue weighted by Gasteiger charge is 2.32. The number of aromatic nitrogens is 2.